The van der Waals surface area contributed by atoms with Crippen LogP contribution in [0.3, 0.4) is 0 Å². The average molecular weight is 425 g/mol. The van der Waals surface area contributed by atoms with Crippen LogP contribution in [0.5, 0.6) is 0 Å². The highest BCUT2D eigenvalue weighted by Crippen LogP contribution is 2.41. The first-order chi connectivity index (χ1) is 12.5. The second-order valence-corrected chi connectivity index (χ2v) is 8.38. The van der Waals surface area contributed by atoms with Gasteiger partial charge >= 0.3 is 0 Å². The molecule has 2 aromatic carbocycles. The van der Waals surface area contributed by atoms with Crippen molar-refractivity contribution in [1.82, 2.24) is 14.1 Å². The molecule has 1 atom stereocenters. The summed E-state index contributed by atoms with van der Waals surface area (Å²) in [6, 6.07) is 10.7. The van der Waals surface area contributed by atoms with Crippen LogP contribution in [0.2, 0.25) is 0 Å². The smallest absolute Gasteiger partial charge is 0.179 e. The number of thiol groups is 2. The molecule has 132 valence electrons. The second kappa shape index (κ2) is 6.93. The molecule has 1 aliphatic rings. The van der Waals surface area contributed by atoms with Crippen molar-refractivity contribution < 1.29 is 8.78 Å². The molecule has 0 aliphatic carbocycles. The van der Waals surface area contributed by atoms with E-state index in [1.54, 1.807) is 30.3 Å². The van der Waals surface area contributed by atoms with E-state index in [9.17, 15) is 4.39 Å². The molecule has 2 heterocycles. The molecule has 3 aromatic rings. The maximum Gasteiger partial charge on any atom is 0.179 e. The van der Waals surface area contributed by atoms with Gasteiger partial charge in [-0.3, -0.25) is 0 Å². The van der Waals surface area contributed by atoms with Crippen molar-refractivity contribution >= 4 is 53.1 Å². The van der Waals surface area contributed by atoms with E-state index in [2.05, 4.69) is 44.3 Å². The number of rotatable bonds is 3. The van der Waals surface area contributed by atoms with Gasteiger partial charge in [0.15, 0.2) is 15.8 Å². The minimum atomic E-state index is -1.40. The summed E-state index contributed by atoms with van der Waals surface area (Å²) in [5.41, 5.74) is -0.496. The summed E-state index contributed by atoms with van der Waals surface area (Å²) in [6.07, 6.45) is 0. The van der Waals surface area contributed by atoms with Crippen LogP contribution in [-0.4, -0.2) is 13.7 Å². The quantitative estimate of drug-likeness (QED) is 0.428. The highest BCUT2D eigenvalue weighted by atomic mass is 32.2. The van der Waals surface area contributed by atoms with Gasteiger partial charge < -0.3 is 0 Å². The molecule has 0 amide bonds. The topological polar surface area (TPSA) is 50.2 Å². The molecular formula is C16H10F2N4S4. The van der Waals surface area contributed by atoms with Gasteiger partial charge in [0.1, 0.15) is 16.0 Å². The molecule has 4 nitrogen and oxygen atoms in total. The Hall–Kier alpha value is -1.46. The maximum absolute atomic E-state index is 15.0. The van der Waals surface area contributed by atoms with Crippen molar-refractivity contribution in [2.75, 3.05) is 0 Å². The first-order valence-electron chi connectivity index (χ1n) is 7.30. The molecule has 0 saturated heterocycles. The Balaban J connectivity index is 1.87. The van der Waals surface area contributed by atoms with E-state index in [-0.39, 0.29) is 11.1 Å². The molecule has 1 unspecified atom stereocenters. The van der Waals surface area contributed by atoms with Crippen LogP contribution in [0.4, 0.5) is 8.78 Å². The summed E-state index contributed by atoms with van der Waals surface area (Å²) < 4.78 is 37.5. The number of aliphatic imine (C=N–C) groups is 1. The molecule has 1 aromatic heterocycles. The maximum atomic E-state index is 15.0. The number of halogens is 2. The van der Waals surface area contributed by atoms with Crippen LogP contribution in [-0.2, 0) is 5.66 Å². The standard InChI is InChI=1S/C16H10F2N4S4/c17-11-4-2-1-3-9(11)16(20-15(24)26-22-16)10-6-5-8(7-12(10)18)13-19-14(23)25-21-13/h1-7,22H,(H,20,24)(H,19,21,23). The van der Waals surface area contributed by atoms with E-state index in [1.165, 1.54) is 12.1 Å². The van der Waals surface area contributed by atoms with Gasteiger partial charge in [0, 0.05) is 16.7 Å². The van der Waals surface area contributed by atoms with Crippen LogP contribution in [0.1, 0.15) is 11.1 Å². The van der Waals surface area contributed by atoms with Gasteiger partial charge in [-0.05, 0) is 35.6 Å². The highest BCUT2D eigenvalue weighted by Gasteiger charge is 2.42. The molecule has 0 radical (unpaired) electrons. The summed E-state index contributed by atoms with van der Waals surface area (Å²) in [6.45, 7) is 0. The van der Waals surface area contributed by atoms with Crippen molar-refractivity contribution in [2.45, 2.75) is 10.0 Å². The van der Waals surface area contributed by atoms with Gasteiger partial charge in [0.05, 0.1) is 0 Å². The zero-order chi connectivity index (χ0) is 18.3. The van der Waals surface area contributed by atoms with Crippen molar-refractivity contribution in [2.24, 2.45) is 4.99 Å². The second-order valence-electron chi connectivity index (χ2n) is 5.38. The molecule has 0 bridgehead atoms. The third-order valence-electron chi connectivity index (χ3n) is 3.85. The Bertz CT molecular complexity index is 1020. The zero-order valence-electron chi connectivity index (χ0n) is 12.8. The minimum absolute atomic E-state index is 0.184. The van der Waals surface area contributed by atoms with Gasteiger partial charge in [-0.25, -0.2) is 23.5 Å². The number of nitrogens with zero attached hydrogens (tertiary/aromatic N) is 3. The Morgan fingerprint density at radius 2 is 1.77 bits per heavy atom. The molecule has 10 heteroatoms. The van der Waals surface area contributed by atoms with Crippen LogP contribution in [0.15, 0.2) is 51.8 Å². The predicted molar refractivity (Wildman–Crippen MR) is 107 cm³/mol. The molecule has 1 aliphatic heterocycles. The monoisotopic (exact) mass is 424 g/mol. The summed E-state index contributed by atoms with van der Waals surface area (Å²) >= 11 is 10.6. The van der Waals surface area contributed by atoms with E-state index in [1.807, 2.05) is 0 Å². The first-order valence-corrected chi connectivity index (χ1v) is 9.79. The third kappa shape index (κ3) is 3.05. The molecule has 0 saturated carbocycles. The largest absolute Gasteiger partial charge is 0.238 e. The van der Waals surface area contributed by atoms with E-state index < -0.39 is 17.3 Å². The minimum Gasteiger partial charge on any atom is -0.238 e. The van der Waals surface area contributed by atoms with Crippen LogP contribution in [0.25, 0.3) is 11.4 Å². The van der Waals surface area contributed by atoms with Gasteiger partial charge in [-0.2, -0.15) is 4.37 Å². The normalized spacial score (nSPS) is 19.6. The fourth-order valence-corrected chi connectivity index (χ4v) is 4.35. The Morgan fingerprint density at radius 1 is 1.00 bits per heavy atom. The Kier molecular flexibility index (Phi) is 4.78. The van der Waals surface area contributed by atoms with Crippen molar-refractivity contribution in [1.29, 1.82) is 0 Å². The van der Waals surface area contributed by atoms with Crippen molar-refractivity contribution in [3.63, 3.8) is 0 Å². The van der Waals surface area contributed by atoms with Gasteiger partial charge in [-0.1, -0.05) is 30.3 Å². The zero-order valence-corrected chi connectivity index (χ0v) is 16.3. The molecule has 26 heavy (non-hydrogen) atoms. The fourth-order valence-electron chi connectivity index (χ4n) is 2.72. The number of hydrogen-bond acceptors (Lipinski definition) is 7. The molecule has 0 fully saturated rings. The van der Waals surface area contributed by atoms with Crippen LogP contribution in [0, 0.1) is 11.6 Å². The van der Waals surface area contributed by atoms with E-state index in [0.29, 0.717) is 20.1 Å². The highest BCUT2D eigenvalue weighted by molar-refractivity contribution is 8.31. The van der Waals surface area contributed by atoms with Crippen molar-refractivity contribution in [3.05, 3.63) is 65.2 Å². The van der Waals surface area contributed by atoms with Gasteiger partial charge in [0.2, 0.25) is 0 Å². The summed E-state index contributed by atoms with van der Waals surface area (Å²) in [7, 11) is 0. The van der Waals surface area contributed by atoms with E-state index >= 15 is 4.39 Å². The number of nitrogens with one attached hydrogen (secondary N) is 1. The number of benzene rings is 2. The Labute approximate surface area is 167 Å². The predicted octanol–water partition coefficient (Wildman–Crippen LogP) is 4.51. The van der Waals surface area contributed by atoms with E-state index in [4.69, 9.17) is 0 Å². The first kappa shape index (κ1) is 17.9. The molecular weight excluding hydrogens is 414 g/mol. The summed E-state index contributed by atoms with van der Waals surface area (Å²) in [4.78, 5) is 8.54. The number of aromatic nitrogens is 2. The lowest BCUT2D eigenvalue weighted by molar-refractivity contribution is 0.465. The average Bonchev–Trinajstić information content (AvgIpc) is 3.22. The Morgan fingerprint density at radius 3 is 2.38 bits per heavy atom. The fraction of sp³-hybridized carbons (Fsp3) is 0.0625. The summed E-state index contributed by atoms with van der Waals surface area (Å²) in [5.74, 6) is -0.657. The SMILES string of the molecule is Fc1ccccc1C1(c2ccc(-c3nsc(S)n3)cc2F)N=C(S)SN1. The molecule has 4 rings (SSSR count). The van der Waals surface area contributed by atoms with Crippen LogP contribution < -0.4 is 4.72 Å². The van der Waals surface area contributed by atoms with Gasteiger partial charge in [0.25, 0.3) is 0 Å². The molecule has 0 spiro atoms. The van der Waals surface area contributed by atoms with E-state index in [0.717, 1.165) is 23.5 Å². The van der Waals surface area contributed by atoms with Crippen molar-refractivity contribution in [3.8, 4) is 11.4 Å². The lowest BCUT2D eigenvalue weighted by Gasteiger charge is -2.27. The summed E-state index contributed by atoms with van der Waals surface area (Å²) in [5, 5.41) is 0. The third-order valence-corrected chi connectivity index (χ3v) is 5.76. The number of hydrogen-bond donors (Lipinski definition) is 3. The lowest BCUT2D eigenvalue weighted by Crippen LogP contribution is -2.36. The molecule has 1 N–H and O–H groups in total. The van der Waals surface area contributed by atoms with Gasteiger partial charge in [-0.15, -0.1) is 25.3 Å². The van der Waals surface area contributed by atoms with Crippen LogP contribution >= 0.6 is 48.7 Å². The lowest BCUT2D eigenvalue weighted by atomic mass is 9.91.